The molecule has 1 fully saturated rings. The molecule has 84 valence electrons. The van der Waals surface area contributed by atoms with E-state index in [1.54, 1.807) is 0 Å². The van der Waals surface area contributed by atoms with Crippen molar-refractivity contribution in [3.8, 4) is 0 Å². The topological polar surface area (TPSA) is 52.5 Å². The van der Waals surface area contributed by atoms with Crippen LogP contribution in [0.2, 0.25) is 0 Å². The van der Waals surface area contributed by atoms with Crippen LogP contribution in [0, 0.1) is 0 Å². The maximum Gasteiger partial charge on any atom is 0.0744 e. The van der Waals surface area contributed by atoms with Crippen molar-refractivity contribution in [2.24, 2.45) is 0 Å². The monoisotopic (exact) mass is 201 g/mol. The molecular formula is C11H23NO2. The molecule has 14 heavy (non-hydrogen) atoms. The highest BCUT2D eigenvalue weighted by Gasteiger charge is 2.22. The number of rotatable bonds is 6. The molecule has 3 heteroatoms. The lowest BCUT2D eigenvalue weighted by atomic mass is 10.00. The predicted octanol–water partition coefficient (Wildman–Crippen LogP) is 1.04. The van der Waals surface area contributed by atoms with Gasteiger partial charge in [-0.3, -0.25) is 0 Å². The summed E-state index contributed by atoms with van der Waals surface area (Å²) < 4.78 is 0. The smallest absolute Gasteiger partial charge is 0.0744 e. The number of aliphatic hydroxyl groups excluding tert-OH is 1. The highest BCUT2D eigenvalue weighted by atomic mass is 16.3. The number of nitrogens with one attached hydrogen (secondary N) is 1. The molecule has 0 radical (unpaired) electrons. The van der Waals surface area contributed by atoms with E-state index in [2.05, 4.69) is 5.32 Å². The summed E-state index contributed by atoms with van der Waals surface area (Å²) in [6, 6.07) is 0.607. The van der Waals surface area contributed by atoms with Crippen LogP contribution in [0.15, 0.2) is 0 Å². The minimum Gasteiger partial charge on any atom is -0.396 e. The number of hydrogen-bond acceptors (Lipinski definition) is 3. The van der Waals surface area contributed by atoms with Gasteiger partial charge in [-0.1, -0.05) is 12.8 Å². The van der Waals surface area contributed by atoms with Gasteiger partial charge in [0.2, 0.25) is 0 Å². The molecule has 0 aromatic heterocycles. The first-order valence-corrected chi connectivity index (χ1v) is 5.71. The van der Waals surface area contributed by atoms with Crippen molar-refractivity contribution in [1.29, 1.82) is 0 Å². The molecule has 1 aliphatic rings. The summed E-state index contributed by atoms with van der Waals surface area (Å²) in [6.07, 6.45) is 6.47. The lowest BCUT2D eigenvalue weighted by Crippen LogP contribution is -2.41. The Bertz CT molecular complexity index is 153. The summed E-state index contributed by atoms with van der Waals surface area (Å²) in [5, 5.41) is 22.0. The van der Waals surface area contributed by atoms with Crippen LogP contribution in [0.5, 0.6) is 0 Å². The molecule has 0 bridgehead atoms. The average molecular weight is 201 g/mol. The zero-order valence-electron chi connectivity index (χ0n) is 9.13. The van der Waals surface area contributed by atoms with E-state index in [1.165, 1.54) is 25.7 Å². The number of hydrogen-bond donors (Lipinski definition) is 3. The van der Waals surface area contributed by atoms with E-state index < -0.39 is 5.60 Å². The van der Waals surface area contributed by atoms with Crippen LogP contribution in [0.4, 0.5) is 0 Å². The Hall–Kier alpha value is -0.120. The van der Waals surface area contributed by atoms with Crippen molar-refractivity contribution < 1.29 is 10.2 Å². The van der Waals surface area contributed by atoms with Crippen molar-refractivity contribution in [3.05, 3.63) is 0 Å². The summed E-state index contributed by atoms with van der Waals surface area (Å²) >= 11 is 0. The molecule has 0 aliphatic heterocycles. The van der Waals surface area contributed by atoms with Crippen molar-refractivity contribution in [3.63, 3.8) is 0 Å². The fourth-order valence-electron chi connectivity index (χ4n) is 2.04. The fraction of sp³-hybridized carbons (Fsp3) is 1.00. The summed E-state index contributed by atoms with van der Waals surface area (Å²) in [5.41, 5.74) is -0.661. The van der Waals surface area contributed by atoms with Gasteiger partial charge in [0.1, 0.15) is 0 Å². The first-order chi connectivity index (χ1) is 6.64. The van der Waals surface area contributed by atoms with Crippen molar-refractivity contribution >= 4 is 0 Å². The Balaban J connectivity index is 2.14. The Morgan fingerprint density at radius 2 is 2.00 bits per heavy atom. The van der Waals surface area contributed by atoms with E-state index in [9.17, 15) is 5.11 Å². The standard InChI is InChI=1S/C11H23NO2/c1-11(14,7-4-8-13)9-12-10-5-2-3-6-10/h10,12-14H,2-9H2,1H3/t11-/m0/s1. The van der Waals surface area contributed by atoms with Crippen LogP contribution >= 0.6 is 0 Å². The van der Waals surface area contributed by atoms with Gasteiger partial charge in [0.15, 0.2) is 0 Å². The first-order valence-electron chi connectivity index (χ1n) is 5.71. The van der Waals surface area contributed by atoms with Crippen LogP contribution in [0.3, 0.4) is 0 Å². The van der Waals surface area contributed by atoms with Gasteiger partial charge in [-0.15, -0.1) is 0 Å². The zero-order chi connectivity index (χ0) is 10.4. The summed E-state index contributed by atoms with van der Waals surface area (Å²) in [6.45, 7) is 2.65. The molecule has 3 nitrogen and oxygen atoms in total. The van der Waals surface area contributed by atoms with Crippen LogP contribution in [0.25, 0.3) is 0 Å². The molecule has 0 unspecified atom stereocenters. The molecular weight excluding hydrogens is 178 g/mol. The molecule has 0 spiro atoms. The Morgan fingerprint density at radius 3 is 2.57 bits per heavy atom. The molecule has 0 aromatic rings. The summed E-state index contributed by atoms with van der Waals surface area (Å²) in [7, 11) is 0. The number of aliphatic hydroxyl groups is 2. The van der Waals surface area contributed by atoms with Gasteiger partial charge in [-0.2, -0.15) is 0 Å². The highest BCUT2D eigenvalue weighted by molar-refractivity contribution is 4.80. The lowest BCUT2D eigenvalue weighted by molar-refractivity contribution is 0.0411. The second-order valence-electron chi connectivity index (χ2n) is 4.69. The van der Waals surface area contributed by atoms with E-state index in [0.717, 1.165) is 0 Å². The van der Waals surface area contributed by atoms with Gasteiger partial charge in [0, 0.05) is 19.2 Å². The molecule has 0 aromatic carbocycles. The third-order valence-electron chi connectivity index (χ3n) is 3.00. The van der Waals surface area contributed by atoms with Crippen molar-refractivity contribution in [1.82, 2.24) is 5.32 Å². The Labute approximate surface area is 86.5 Å². The molecule has 1 saturated carbocycles. The van der Waals surface area contributed by atoms with E-state index in [-0.39, 0.29) is 6.61 Å². The maximum atomic E-state index is 9.93. The SMILES string of the molecule is C[C@](O)(CCCO)CNC1CCCC1. The zero-order valence-corrected chi connectivity index (χ0v) is 9.13. The van der Waals surface area contributed by atoms with E-state index in [1.807, 2.05) is 6.92 Å². The van der Waals surface area contributed by atoms with Crippen LogP contribution < -0.4 is 5.32 Å². The molecule has 0 heterocycles. The maximum absolute atomic E-state index is 9.93. The molecule has 3 N–H and O–H groups in total. The highest BCUT2D eigenvalue weighted by Crippen LogP contribution is 2.19. The third kappa shape index (κ3) is 4.40. The van der Waals surface area contributed by atoms with Gasteiger partial charge in [-0.25, -0.2) is 0 Å². The molecule has 1 atom stereocenters. The van der Waals surface area contributed by atoms with Gasteiger partial charge < -0.3 is 15.5 Å². The summed E-state index contributed by atoms with van der Waals surface area (Å²) in [5.74, 6) is 0. The third-order valence-corrected chi connectivity index (χ3v) is 3.00. The lowest BCUT2D eigenvalue weighted by Gasteiger charge is -2.25. The van der Waals surface area contributed by atoms with Crippen LogP contribution in [-0.2, 0) is 0 Å². The molecule has 0 saturated heterocycles. The van der Waals surface area contributed by atoms with E-state index in [0.29, 0.717) is 25.4 Å². The van der Waals surface area contributed by atoms with Crippen molar-refractivity contribution in [2.75, 3.05) is 13.2 Å². The van der Waals surface area contributed by atoms with Crippen LogP contribution in [0.1, 0.15) is 45.4 Å². The van der Waals surface area contributed by atoms with E-state index in [4.69, 9.17) is 5.11 Å². The second-order valence-corrected chi connectivity index (χ2v) is 4.69. The largest absolute Gasteiger partial charge is 0.396 e. The minimum absolute atomic E-state index is 0.166. The fourth-order valence-corrected chi connectivity index (χ4v) is 2.04. The first kappa shape index (κ1) is 12.0. The van der Waals surface area contributed by atoms with Gasteiger partial charge >= 0.3 is 0 Å². The second kappa shape index (κ2) is 5.69. The minimum atomic E-state index is -0.661. The van der Waals surface area contributed by atoms with Gasteiger partial charge in [-0.05, 0) is 32.6 Å². The van der Waals surface area contributed by atoms with E-state index >= 15 is 0 Å². The van der Waals surface area contributed by atoms with Crippen LogP contribution in [-0.4, -0.2) is 35.0 Å². The predicted molar refractivity (Wildman–Crippen MR) is 57.2 cm³/mol. The molecule has 1 aliphatic carbocycles. The molecule has 1 rings (SSSR count). The quantitative estimate of drug-likeness (QED) is 0.602. The Kier molecular flexibility index (Phi) is 4.85. The average Bonchev–Trinajstić information content (AvgIpc) is 2.64. The summed E-state index contributed by atoms with van der Waals surface area (Å²) in [4.78, 5) is 0. The van der Waals surface area contributed by atoms with Gasteiger partial charge in [0.05, 0.1) is 5.60 Å². The Morgan fingerprint density at radius 1 is 1.36 bits per heavy atom. The van der Waals surface area contributed by atoms with Gasteiger partial charge in [0.25, 0.3) is 0 Å². The molecule has 0 amide bonds. The normalized spacial score (nSPS) is 22.5. The van der Waals surface area contributed by atoms with Crippen molar-refractivity contribution in [2.45, 2.75) is 57.1 Å².